The molecule has 0 saturated carbocycles. The quantitative estimate of drug-likeness (QED) is 0.882. The monoisotopic (exact) mass is 329 g/mol. The van der Waals surface area contributed by atoms with Crippen molar-refractivity contribution in [2.24, 2.45) is 0 Å². The van der Waals surface area contributed by atoms with Crippen LogP contribution in [0.5, 0.6) is 0 Å². The van der Waals surface area contributed by atoms with E-state index in [1.54, 1.807) is 11.3 Å². The number of benzene rings is 1. The molecule has 0 unspecified atom stereocenters. The highest BCUT2D eigenvalue weighted by Crippen LogP contribution is 2.27. The number of amides is 2. The maximum Gasteiger partial charge on any atom is 0.242 e. The first kappa shape index (κ1) is 15.7. The summed E-state index contributed by atoms with van der Waals surface area (Å²) in [6.45, 7) is 2.60. The van der Waals surface area contributed by atoms with E-state index in [-0.39, 0.29) is 17.9 Å². The Balaban J connectivity index is 1.55. The number of hydrogen-bond donors (Lipinski definition) is 2. The van der Waals surface area contributed by atoms with E-state index in [1.807, 2.05) is 18.2 Å². The summed E-state index contributed by atoms with van der Waals surface area (Å²) in [7, 11) is 0. The Morgan fingerprint density at radius 2 is 2.17 bits per heavy atom. The average Bonchev–Trinajstić information content (AvgIpc) is 3.14. The number of hydrogen-bond acceptors (Lipinski definition) is 4. The van der Waals surface area contributed by atoms with Crippen molar-refractivity contribution in [1.29, 1.82) is 0 Å². The molecule has 1 atom stereocenters. The summed E-state index contributed by atoms with van der Waals surface area (Å²) in [6, 6.07) is 9.73. The molecule has 1 aliphatic rings. The molecule has 2 heterocycles. The number of aryl methyl sites for hydroxylation is 1. The van der Waals surface area contributed by atoms with Gasteiger partial charge in [0.1, 0.15) is 6.04 Å². The SMILES string of the molecule is Cc1sc(CCNC(=O)[C@@H]2CCC(=O)N2)nc1-c1ccccc1. The summed E-state index contributed by atoms with van der Waals surface area (Å²) in [5.41, 5.74) is 2.13. The molecule has 6 heteroatoms. The van der Waals surface area contributed by atoms with Crippen LogP contribution in [0.4, 0.5) is 0 Å². The molecule has 5 nitrogen and oxygen atoms in total. The van der Waals surface area contributed by atoms with Crippen LogP contribution in [0.2, 0.25) is 0 Å². The van der Waals surface area contributed by atoms with E-state index in [0.29, 0.717) is 25.8 Å². The number of aromatic nitrogens is 1. The summed E-state index contributed by atoms with van der Waals surface area (Å²) in [4.78, 5) is 28.9. The first-order valence-corrected chi connectivity index (χ1v) is 8.54. The van der Waals surface area contributed by atoms with Gasteiger partial charge in [-0.3, -0.25) is 9.59 Å². The van der Waals surface area contributed by atoms with Gasteiger partial charge in [-0.2, -0.15) is 0 Å². The molecule has 1 saturated heterocycles. The molecule has 1 fully saturated rings. The lowest BCUT2D eigenvalue weighted by Gasteiger charge is -2.09. The van der Waals surface area contributed by atoms with Gasteiger partial charge in [-0.1, -0.05) is 30.3 Å². The molecule has 1 aliphatic heterocycles. The van der Waals surface area contributed by atoms with Gasteiger partial charge in [0.15, 0.2) is 0 Å². The van der Waals surface area contributed by atoms with Crippen molar-refractivity contribution in [3.8, 4) is 11.3 Å². The molecule has 23 heavy (non-hydrogen) atoms. The molecular weight excluding hydrogens is 310 g/mol. The minimum Gasteiger partial charge on any atom is -0.354 e. The summed E-state index contributed by atoms with van der Waals surface area (Å²) in [5, 5.41) is 6.56. The second-order valence-corrected chi connectivity index (χ2v) is 6.87. The van der Waals surface area contributed by atoms with E-state index in [4.69, 9.17) is 0 Å². The fourth-order valence-electron chi connectivity index (χ4n) is 2.65. The topological polar surface area (TPSA) is 71.1 Å². The summed E-state index contributed by atoms with van der Waals surface area (Å²) in [5.74, 6) is -0.152. The molecule has 2 aromatic rings. The lowest BCUT2D eigenvalue weighted by molar-refractivity contribution is -0.125. The minimum absolute atomic E-state index is 0.0480. The third-order valence-electron chi connectivity index (χ3n) is 3.84. The Hall–Kier alpha value is -2.21. The Morgan fingerprint density at radius 1 is 1.39 bits per heavy atom. The van der Waals surface area contributed by atoms with Crippen molar-refractivity contribution < 1.29 is 9.59 Å². The van der Waals surface area contributed by atoms with E-state index in [9.17, 15) is 9.59 Å². The van der Waals surface area contributed by atoms with Gasteiger partial charge < -0.3 is 10.6 Å². The van der Waals surface area contributed by atoms with Gasteiger partial charge >= 0.3 is 0 Å². The smallest absolute Gasteiger partial charge is 0.242 e. The second-order valence-electron chi connectivity index (χ2n) is 5.58. The number of carbonyl (C=O) groups is 2. The van der Waals surface area contributed by atoms with Gasteiger partial charge in [0.2, 0.25) is 11.8 Å². The molecule has 0 radical (unpaired) electrons. The third kappa shape index (κ3) is 3.76. The van der Waals surface area contributed by atoms with Crippen LogP contribution < -0.4 is 10.6 Å². The predicted octanol–water partition coefficient (Wildman–Crippen LogP) is 2.06. The Kier molecular flexibility index (Phi) is 4.71. The lowest BCUT2D eigenvalue weighted by Crippen LogP contribution is -2.42. The van der Waals surface area contributed by atoms with E-state index >= 15 is 0 Å². The average molecular weight is 329 g/mol. The van der Waals surface area contributed by atoms with Crippen LogP contribution in [0.3, 0.4) is 0 Å². The number of rotatable bonds is 5. The molecule has 2 N–H and O–H groups in total. The van der Waals surface area contributed by atoms with Gasteiger partial charge in [0.25, 0.3) is 0 Å². The summed E-state index contributed by atoms with van der Waals surface area (Å²) in [6.07, 6.45) is 1.72. The highest BCUT2D eigenvalue weighted by molar-refractivity contribution is 7.12. The van der Waals surface area contributed by atoms with E-state index in [1.165, 1.54) is 4.88 Å². The van der Waals surface area contributed by atoms with E-state index in [0.717, 1.165) is 16.3 Å². The van der Waals surface area contributed by atoms with Crippen LogP contribution in [-0.4, -0.2) is 29.4 Å². The zero-order valence-electron chi connectivity index (χ0n) is 13.0. The van der Waals surface area contributed by atoms with Crippen molar-refractivity contribution in [3.05, 3.63) is 40.2 Å². The molecule has 0 aliphatic carbocycles. The molecule has 2 amide bonds. The van der Waals surface area contributed by atoms with Gasteiger partial charge in [-0.05, 0) is 13.3 Å². The zero-order valence-corrected chi connectivity index (χ0v) is 13.8. The van der Waals surface area contributed by atoms with Gasteiger partial charge in [-0.25, -0.2) is 4.98 Å². The first-order chi connectivity index (χ1) is 11.1. The number of carbonyl (C=O) groups excluding carboxylic acids is 2. The maximum absolute atomic E-state index is 11.9. The Bertz CT molecular complexity index is 712. The summed E-state index contributed by atoms with van der Waals surface area (Å²) >= 11 is 1.66. The van der Waals surface area contributed by atoms with Crippen LogP contribution in [0, 0.1) is 6.92 Å². The van der Waals surface area contributed by atoms with Crippen LogP contribution in [-0.2, 0) is 16.0 Å². The molecule has 0 bridgehead atoms. The predicted molar refractivity (Wildman–Crippen MR) is 90.2 cm³/mol. The fourth-order valence-corrected chi connectivity index (χ4v) is 3.60. The highest BCUT2D eigenvalue weighted by atomic mass is 32.1. The van der Waals surface area contributed by atoms with Crippen molar-refractivity contribution in [3.63, 3.8) is 0 Å². The molecular formula is C17H19N3O2S. The molecule has 1 aromatic carbocycles. The van der Waals surface area contributed by atoms with Crippen LogP contribution in [0.25, 0.3) is 11.3 Å². The minimum atomic E-state index is -0.375. The second kappa shape index (κ2) is 6.91. The Morgan fingerprint density at radius 3 is 2.87 bits per heavy atom. The van der Waals surface area contributed by atoms with Gasteiger partial charge in [0, 0.05) is 29.8 Å². The molecule has 0 spiro atoms. The standard InChI is InChI=1S/C17H19N3O2S/c1-11-16(12-5-3-2-4-6-12)20-15(23-11)9-10-18-17(22)13-7-8-14(21)19-13/h2-6,13H,7-10H2,1H3,(H,18,22)(H,19,21)/t13-/m0/s1. The highest BCUT2D eigenvalue weighted by Gasteiger charge is 2.26. The lowest BCUT2D eigenvalue weighted by atomic mass is 10.1. The van der Waals surface area contributed by atoms with Crippen LogP contribution >= 0.6 is 11.3 Å². The Labute approximate surface area is 139 Å². The van der Waals surface area contributed by atoms with Crippen molar-refractivity contribution in [1.82, 2.24) is 15.6 Å². The van der Waals surface area contributed by atoms with E-state index < -0.39 is 0 Å². The summed E-state index contributed by atoms with van der Waals surface area (Å²) < 4.78 is 0. The largest absolute Gasteiger partial charge is 0.354 e. The molecule has 120 valence electrons. The first-order valence-electron chi connectivity index (χ1n) is 7.72. The zero-order chi connectivity index (χ0) is 16.2. The van der Waals surface area contributed by atoms with Gasteiger partial charge in [-0.15, -0.1) is 11.3 Å². The third-order valence-corrected chi connectivity index (χ3v) is 4.87. The van der Waals surface area contributed by atoms with Gasteiger partial charge in [0.05, 0.1) is 10.7 Å². The number of nitrogens with one attached hydrogen (secondary N) is 2. The normalized spacial score (nSPS) is 17.1. The fraction of sp³-hybridized carbons (Fsp3) is 0.353. The maximum atomic E-state index is 11.9. The van der Waals surface area contributed by atoms with Crippen molar-refractivity contribution >= 4 is 23.2 Å². The van der Waals surface area contributed by atoms with Crippen molar-refractivity contribution in [2.45, 2.75) is 32.2 Å². The van der Waals surface area contributed by atoms with E-state index in [2.05, 4.69) is 34.7 Å². The molecule has 1 aromatic heterocycles. The van der Waals surface area contributed by atoms with Crippen LogP contribution in [0.15, 0.2) is 30.3 Å². The number of thiazole rings is 1. The molecule has 3 rings (SSSR count). The van der Waals surface area contributed by atoms with Crippen LogP contribution in [0.1, 0.15) is 22.7 Å². The number of nitrogens with zero attached hydrogens (tertiary/aromatic N) is 1. The van der Waals surface area contributed by atoms with Crippen molar-refractivity contribution in [2.75, 3.05) is 6.54 Å².